The molecule has 1 aliphatic heterocycles. The molecule has 3 N–H and O–H groups in total. The number of carboxylic acids is 1. The number of pyridine rings is 1. The first kappa shape index (κ1) is 16.9. The van der Waals surface area contributed by atoms with Gasteiger partial charge in [-0.15, -0.1) is 0 Å². The molecule has 1 aromatic heterocycles. The maximum absolute atomic E-state index is 11.5. The number of rotatable bonds is 1. The fourth-order valence-corrected chi connectivity index (χ4v) is 1.79. The van der Waals surface area contributed by atoms with Gasteiger partial charge in [0, 0.05) is 24.6 Å². The third-order valence-electron chi connectivity index (χ3n) is 2.71. The van der Waals surface area contributed by atoms with E-state index in [4.69, 9.17) is 15.6 Å². The number of carbonyl (C=O) groups excluding carboxylic acids is 1. The number of hydrogen-bond acceptors (Lipinski definition) is 4. The highest BCUT2D eigenvalue weighted by Crippen LogP contribution is 2.25. The Morgan fingerprint density at radius 1 is 1.43 bits per heavy atom. The average molecular weight is 305 g/mol. The summed E-state index contributed by atoms with van der Waals surface area (Å²) in [5.74, 6) is -2.77. The number of amides is 1. The van der Waals surface area contributed by atoms with Crippen molar-refractivity contribution < 1.29 is 27.9 Å². The molecule has 9 heteroatoms. The van der Waals surface area contributed by atoms with Crippen molar-refractivity contribution in [1.29, 1.82) is 0 Å². The number of carboxylic acid groups (broad SMARTS) is 1. The Kier molecular flexibility index (Phi) is 5.65. The summed E-state index contributed by atoms with van der Waals surface area (Å²) in [6.45, 7) is 0.842. The maximum Gasteiger partial charge on any atom is 0.490 e. The molecule has 2 rings (SSSR count). The predicted octanol–water partition coefficient (Wildman–Crippen LogP) is 0.953. The highest BCUT2D eigenvalue weighted by Gasteiger charge is 2.38. The van der Waals surface area contributed by atoms with Crippen LogP contribution in [0, 0.1) is 0 Å². The Labute approximate surface area is 118 Å². The van der Waals surface area contributed by atoms with E-state index < -0.39 is 12.1 Å². The number of aromatic nitrogens is 1. The van der Waals surface area contributed by atoms with Gasteiger partial charge < -0.3 is 15.7 Å². The van der Waals surface area contributed by atoms with E-state index in [-0.39, 0.29) is 12.5 Å². The summed E-state index contributed by atoms with van der Waals surface area (Å²) in [6.07, 6.45) is 0.439. The van der Waals surface area contributed by atoms with Crippen LogP contribution in [-0.4, -0.2) is 41.2 Å². The van der Waals surface area contributed by atoms with Gasteiger partial charge in [0.1, 0.15) is 0 Å². The van der Waals surface area contributed by atoms with Crippen molar-refractivity contribution >= 4 is 17.6 Å². The Morgan fingerprint density at radius 3 is 2.57 bits per heavy atom. The molecule has 0 saturated heterocycles. The Morgan fingerprint density at radius 2 is 2.05 bits per heavy atom. The van der Waals surface area contributed by atoms with Crippen molar-refractivity contribution in [2.24, 2.45) is 5.73 Å². The highest BCUT2D eigenvalue weighted by molar-refractivity contribution is 5.95. The summed E-state index contributed by atoms with van der Waals surface area (Å²) in [5.41, 5.74) is 7.47. The number of anilines is 1. The zero-order valence-electron chi connectivity index (χ0n) is 10.9. The molecule has 6 nitrogen and oxygen atoms in total. The number of aryl methyl sites for hydroxylation is 1. The number of alkyl halides is 3. The molecular formula is C12H14F3N3O3. The van der Waals surface area contributed by atoms with Crippen molar-refractivity contribution in [2.45, 2.75) is 19.0 Å². The van der Waals surface area contributed by atoms with Crippen molar-refractivity contribution in [3.8, 4) is 0 Å². The Hall–Kier alpha value is -2.16. The van der Waals surface area contributed by atoms with Gasteiger partial charge >= 0.3 is 12.1 Å². The summed E-state index contributed by atoms with van der Waals surface area (Å²) in [5, 5.41) is 7.12. The van der Waals surface area contributed by atoms with Gasteiger partial charge in [-0.25, -0.2) is 4.79 Å². The summed E-state index contributed by atoms with van der Waals surface area (Å²) >= 11 is 0. The lowest BCUT2D eigenvalue weighted by molar-refractivity contribution is -0.192. The molecule has 1 amide bonds. The van der Waals surface area contributed by atoms with Gasteiger partial charge in [0.2, 0.25) is 5.91 Å². The molecule has 2 heterocycles. The quantitative estimate of drug-likeness (QED) is 0.805. The van der Waals surface area contributed by atoms with Gasteiger partial charge in [0.25, 0.3) is 0 Å². The second-order valence-electron chi connectivity index (χ2n) is 4.16. The van der Waals surface area contributed by atoms with Crippen LogP contribution < -0.4 is 10.6 Å². The minimum Gasteiger partial charge on any atom is -0.475 e. The lowest BCUT2D eigenvalue weighted by atomic mass is 10.0. The molecule has 0 unspecified atom stereocenters. The largest absolute Gasteiger partial charge is 0.490 e. The van der Waals surface area contributed by atoms with Crippen molar-refractivity contribution in [1.82, 2.24) is 4.98 Å². The molecule has 0 aromatic carbocycles. The van der Waals surface area contributed by atoms with Crippen LogP contribution in [0.5, 0.6) is 0 Å². The standard InChI is InChI=1S/C10H13N3O.C2HF3O2/c11-6-10(14)13-5-1-2-8-7-12-4-3-9(8)13;3-2(4,5)1(6)7/h3-4,7H,1-2,5-6,11H2;(H,6,7). The number of carbonyl (C=O) groups is 2. The van der Waals surface area contributed by atoms with Crippen LogP contribution in [0.1, 0.15) is 12.0 Å². The first-order valence-electron chi connectivity index (χ1n) is 6.00. The molecule has 0 spiro atoms. The monoisotopic (exact) mass is 305 g/mol. The van der Waals surface area contributed by atoms with E-state index in [0.29, 0.717) is 0 Å². The van der Waals surface area contributed by atoms with Crippen molar-refractivity contribution in [3.05, 3.63) is 24.0 Å². The maximum atomic E-state index is 11.5. The molecule has 0 atom stereocenters. The third-order valence-corrected chi connectivity index (χ3v) is 2.71. The number of nitrogens with two attached hydrogens (primary N) is 1. The van der Waals surface area contributed by atoms with Gasteiger partial charge in [-0.05, 0) is 24.5 Å². The van der Waals surface area contributed by atoms with E-state index in [9.17, 15) is 18.0 Å². The number of aliphatic carboxylic acids is 1. The fraction of sp³-hybridized carbons (Fsp3) is 0.417. The zero-order chi connectivity index (χ0) is 16.0. The lowest BCUT2D eigenvalue weighted by Gasteiger charge is -2.28. The normalized spacial score (nSPS) is 13.8. The smallest absolute Gasteiger partial charge is 0.475 e. The van der Waals surface area contributed by atoms with Crippen LogP contribution >= 0.6 is 0 Å². The number of fused-ring (bicyclic) bond motifs is 1. The number of nitrogens with zero attached hydrogens (tertiary/aromatic N) is 2. The topological polar surface area (TPSA) is 96.5 Å². The third kappa shape index (κ3) is 4.71. The van der Waals surface area contributed by atoms with Crippen molar-refractivity contribution in [3.63, 3.8) is 0 Å². The van der Waals surface area contributed by atoms with Crippen LogP contribution in [0.25, 0.3) is 0 Å². The van der Waals surface area contributed by atoms with Crippen molar-refractivity contribution in [2.75, 3.05) is 18.0 Å². The zero-order valence-corrected chi connectivity index (χ0v) is 10.9. The predicted molar refractivity (Wildman–Crippen MR) is 67.7 cm³/mol. The van der Waals surface area contributed by atoms with E-state index in [0.717, 1.165) is 30.6 Å². The van der Waals surface area contributed by atoms with Gasteiger partial charge in [-0.2, -0.15) is 13.2 Å². The summed E-state index contributed by atoms with van der Waals surface area (Å²) < 4.78 is 31.7. The molecule has 1 aromatic rings. The molecule has 0 aliphatic carbocycles. The van der Waals surface area contributed by atoms with Crippen LogP contribution in [-0.2, 0) is 16.0 Å². The second-order valence-corrected chi connectivity index (χ2v) is 4.16. The van der Waals surface area contributed by atoms with E-state index in [1.54, 1.807) is 11.1 Å². The highest BCUT2D eigenvalue weighted by atomic mass is 19.4. The van der Waals surface area contributed by atoms with Gasteiger partial charge in [0.05, 0.1) is 6.54 Å². The molecule has 0 fully saturated rings. The summed E-state index contributed by atoms with van der Waals surface area (Å²) in [7, 11) is 0. The van der Waals surface area contributed by atoms with E-state index >= 15 is 0 Å². The Balaban J connectivity index is 0.000000270. The molecule has 0 saturated carbocycles. The molecule has 0 radical (unpaired) electrons. The first-order chi connectivity index (χ1) is 9.77. The van der Waals surface area contributed by atoms with E-state index in [1.165, 1.54) is 0 Å². The van der Waals surface area contributed by atoms with E-state index in [2.05, 4.69) is 4.98 Å². The minimum absolute atomic E-state index is 0.0165. The summed E-state index contributed by atoms with van der Waals surface area (Å²) in [6, 6.07) is 1.88. The van der Waals surface area contributed by atoms with Crippen LogP contribution in [0.3, 0.4) is 0 Å². The molecular weight excluding hydrogens is 291 g/mol. The van der Waals surface area contributed by atoms with Crippen LogP contribution in [0.4, 0.5) is 18.9 Å². The average Bonchev–Trinajstić information content (AvgIpc) is 2.45. The molecule has 0 bridgehead atoms. The molecule has 1 aliphatic rings. The van der Waals surface area contributed by atoms with Crippen LogP contribution in [0.15, 0.2) is 18.5 Å². The number of halogens is 3. The molecule has 116 valence electrons. The number of hydrogen-bond donors (Lipinski definition) is 2. The minimum atomic E-state index is -5.08. The Bertz CT molecular complexity index is 520. The van der Waals surface area contributed by atoms with Gasteiger partial charge in [-0.3, -0.25) is 9.78 Å². The lowest BCUT2D eigenvalue weighted by Crippen LogP contribution is -2.39. The summed E-state index contributed by atoms with van der Waals surface area (Å²) in [4.78, 5) is 26.2. The SMILES string of the molecule is NCC(=O)N1CCCc2cnccc21.O=C(O)C(F)(F)F. The fourth-order valence-electron chi connectivity index (χ4n) is 1.79. The van der Waals surface area contributed by atoms with Crippen LogP contribution in [0.2, 0.25) is 0 Å². The van der Waals surface area contributed by atoms with Gasteiger partial charge in [-0.1, -0.05) is 0 Å². The van der Waals surface area contributed by atoms with Gasteiger partial charge in [0.15, 0.2) is 0 Å². The second kappa shape index (κ2) is 7.02. The van der Waals surface area contributed by atoms with E-state index in [1.807, 2.05) is 12.3 Å². The molecule has 21 heavy (non-hydrogen) atoms. The first-order valence-corrected chi connectivity index (χ1v) is 6.00.